The van der Waals surface area contributed by atoms with Gasteiger partial charge >= 0.3 is 5.97 Å². The molecule has 0 spiro atoms. The van der Waals surface area contributed by atoms with E-state index in [1.807, 2.05) is 41.7 Å². The van der Waals surface area contributed by atoms with Gasteiger partial charge < -0.3 is 10.5 Å². The summed E-state index contributed by atoms with van der Waals surface area (Å²) in [6.45, 7) is 9.19. The number of hydrogen-bond donors (Lipinski definition) is 1. The standard InChI is InChI=1S/C12H21N3O2/c1-7-9(8(2)15(6)14-7)10(13)11(16)17-12(3,4)5/h10H,13H2,1-6H3. The number of ether oxygens (including phenoxy) is 1. The molecule has 2 N–H and O–H groups in total. The largest absolute Gasteiger partial charge is 0.459 e. The monoisotopic (exact) mass is 239 g/mol. The molecule has 1 rings (SSSR count). The second-order valence-electron chi connectivity index (χ2n) is 5.22. The summed E-state index contributed by atoms with van der Waals surface area (Å²) in [6, 6.07) is -0.775. The minimum Gasteiger partial charge on any atom is -0.459 e. The summed E-state index contributed by atoms with van der Waals surface area (Å²) in [5.74, 6) is -0.420. The van der Waals surface area contributed by atoms with E-state index in [1.54, 1.807) is 4.68 Å². The molecule has 0 radical (unpaired) electrons. The van der Waals surface area contributed by atoms with Gasteiger partial charge in [0.05, 0.1) is 5.69 Å². The van der Waals surface area contributed by atoms with Gasteiger partial charge in [0.1, 0.15) is 11.6 Å². The molecule has 1 atom stereocenters. The van der Waals surface area contributed by atoms with Crippen LogP contribution in [0.4, 0.5) is 0 Å². The van der Waals surface area contributed by atoms with E-state index in [0.717, 1.165) is 17.0 Å². The second-order valence-corrected chi connectivity index (χ2v) is 5.22. The molecule has 5 nitrogen and oxygen atoms in total. The van der Waals surface area contributed by atoms with E-state index >= 15 is 0 Å². The molecular weight excluding hydrogens is 218 g/mol. The molecule has 17 heavy (non-hydrogen) atoms. The van der Waals surface area contributed by atoms with E-state index in [2.05, 4.69) is 5.10 Å². The van der Waals surface area contributed by atoms with E-state index < -0.39 is 17.6 Å². The van der Waals surface area contributed by atoms with Gasteiger partial charge in [-0.3, -0.25) is 4.68 Å². The summed E-state index contributed by atoms with van der Waals surface area (Å²) in [6.07, 6.45) is 0. The van der Waals surface area contributed by atoms with E-state index in [-0.39, 0.29) is 0 Å². The van der Waals surface area contributed by atoms with E-state index in [9.17, 15) is 4.79 Å². The maximum Gasteiger partial charge on any atom is 0.328 e. The van der Waals surface area contributed by atoms with Crippen molar-refractivity contribution in [3.05, 3.63) is 17.0 Å². The van der Waals surface area contributed by atoms with E-state index in [1.165, 1.54) is 0 Å². The van der Waals surface area contributed by atoms with Crippen molar-refractivity contribution in [2.24, 2.45) is 12.8 Å². The number of hydrogen-bond acceptors (Lipinski definition) is 4. The maximum atomic E-state index is 11.9. The van der Waals surface area contributed by atoms with Gasteiger partial charge in [0, 0.05) is 18.3 Å². The lowest BCUT2D eigenvalue weighted by atomic mass is 10.1. The highest BCUT2D eigenvalue weighted by Gasteiger charge is 2.27. The summed E-state index contributed by atoms with van der Waals surface area (Å²) in [5, 5.41) is 4.24. The van der Waals surface area contributed by atoms with Crippen molar-refractivity contribution in [2.75, 3.05) is 0 Å². The van der Waals surface area contributed by atoms with Crippen LogP contribution in [0.1, 0.15) is 43.8 Å². The molecule has 96 valence electrons. The van der Waals surface area contributed by atoms with Gasteiger partial charge in [0.25, 0.3) is 0 Å². The third-order valence-electron chi connectivity index (χ3n) is 2.54. The maximum absolute atomic E-state index is 11.9. The Hall–Kier alpha value is -1.36. The van der Waals surface area contributed by atoms with Gasteiger partial charge in [-0.2, -0.15) is 5.10 Å². The average Bonchev–Trinajstić information content (AvgIpc) is 2.37. The predicted octanol–water partition coefficient (Wildman–Crippen LogP) is 1.38. The van der Waals surface area contributed by atoms with Gasteiger partial charge in [-0.25, -0.2) is 4.79 Å². The quantitative estimate of drug-likeness (QED) is 0.791. The number of carbonyl (C=O) groups excluding carboxylic acids is 1. The number of aromatic nitrogens is 2. The predicted molar refractivity (Wildman–Crippen MR) is 65.5 cm³/mol. The Morgan fingerprint density at radius 3 is 2.29 bits per heavy atom. The minimum atomic E-state index is -0.775. The van der Waals surface area contributed by atoms with Gasteiger partial charge in [0.2, 0.25) is 0 Å². The summed E-state index contributed by atoms with van der Waals surface area (Å²) < 4.78 is 6.99. The fourth-order valence-electron chi connectivity index (χ4n) is 1.72. The Kier molecular flexibility index (Phi) is 3.62. The van der Waals surface area contributed by atoms with Gasteiger partial charge in [-0.15, -0.1) is 0 Å². The summed E-state index contributed by atoms with van der Waals surface area (Å²) in [5.41, 5.74) is 7.81. The van der Waals surface area contributed by atoms with Gasteiger partial charge in [0.15, 0.2) is 0 Å². The van der Waals surface area contributed by atoms with Crippen LogP contribution in [0.3, 0.4) is 0 Å². The Labute approximate surface area is 102 Å². The Morgan fingerprint density at radius 1 is 1.41 bits per heavy atom. The zero-order chi connectivity index (χ0) is 13.4. The molecule has 0 aliphatic rings. The molecule has 0 saturated heterocycles. The molecule has 0 aliphatic heterocycles. The first-order valence-corrected chi connectivity index (χ1v) is 5.62. The fourth-order valence-corrected chi connectivity index (χ4v) is 1.72. The number of esters is 1. The fraction of sp³-hybridized carbons (Fsp3) is 0.667. The van der Waals surface area contributed by atoms with Crippen LogP contribution in [-0.4, -0.2) is 21.4 Å². The highest BCUT2D eigenvalue weighted by atomic mass is 16.6. The Morgan fingerprint density at radius 2 is 1.94 bits per heavy atom. The topological polar surface area (TPSA) is 70.1 Å². The van der Waals surface area contributed by atoms with Crippen molar-refractivity contribution < 1.29 is 9.53 Å². The summed E-state index contributed by atoms with van der Waals surface area (Å²) in [4.78, 5) is 11.9. The Balaban J connectivity index is 2.97. The molecule has 0 saturated carbocycles. The highest BCUT2D eigenvalue weighted by molar-refractivity contribution is 5.78. The van der Waals surface area contributed by atoms with Crippen LogP contribution in [0.2, 0.25) is 0 Å². The van der Waals surface area contributed by atoms with Crippen LogP contribution >= 0.6 is 0 Å². The molecular formula is C12H21N3O2. The number of nitrogens with two attached hydrogens (primary N) is 1. The Bertz CT molecular complexity index is 430. The smallest absolute Gasteiger partial charge is 0.328 e. The molecule has 0 fully saturated rings. The van der Waals surface area contributed by atoms with E-state index in [4.69, 9.17) is 10.5 Å². The first-order valence-electron chi connectivity index (χ1n) is 5.62. The zero-order valence-electron chi connectivity index (χ0n) is 11.4. The zero-order valence-corrected chi connectivity index (χ0v) is 11.4. The summed E-state index contributed by atoms with van der Waals surface area (Å²) >= 11 is 0. The molecule has 1 unspecified atom stereocenters. The van der Waals surface area contributed by atoms with Gasteiger partial charge in [-0.1, -0.05) is 0 Å². The van der Waals surface area contributed by atoms with Crippen LogP contribution in [-0.2, 0) is 16.6 Å². The average molecular weight is 239 g/mol. The van der Waals surface area contributed by atoms with Crippen LogP contribution < -0.4 is 5.73 Å². The number of nitrogens with zero attached hydrogens (tertiary/aromatic N) is 2. The number of aryl methyl sites for hydroxylation is 2. The van der Waals surface area contributed by atoms with Crippen LogP contribution in [0.15, 0.2) is 0 Å². The third kappa shape index (κ3) is 3.06. The van der Waals surface area contributed by atoms with E-state index in [0.29, 0.717) is 0 Å². The van der Waals surface area contributed by atoms with Crippen molar-refractivity contribution in [3.8, 4) is 0 Å². The van der Waals surface area contributed by atoms with Crippen molar-refractivity contribution in [2.45, 2.75) is 46.3 Å². The van der Waals surface area contributed by atoms with Crippen molar-refractivity contribution in [3.63, 3.8) is 0 Å². The first-order chi connectivity index (χ1) is 7.63. The molecule has 0 aliphatic carbocycles. The molecule has 5 heteroatoms. The molecule has 0 amide bonds. The number of carbonyl (C=O) groups is 1. The highest BCUT2D eigenvalue weighted by Crippen LogP contribution is 2.22. The molecule has 1 aromatic rings. The molecule has 1 heterocycles. The van der Waals surface area contributed by atoms with Crippen molar-refractivity contribution in [1.82, 2.24) is 9.78 Å². The van der Waals surface area contributed by atoms with Crippen molar-refractivity contribution in [1.29, 1.82) is 0 Å². The summed E-state index contributed by atoms with van der Waals surface area (Å²) in [7, 11) is 1.83. The first kappa shape index (κ1) is 13.7. The lowest BCUT2D eigenvalue weighted by Gasteiger charge is -2.22. The second kappa shape index (κ2) is 4.49. The SMILES string of the molecule is Cc1nn(C)c(C)c1C(N)C(=O)OC(C)(C)C. The lowest BCUT2D eigenvalue weighted by molar-refractivity contribution is -0.156. The van der Waals surface area contributed by atoms with Crippen LogP contribution in [0.5, 0.6) is 0 Å². The van der Waals surface area contributed by atoms with Crippen LogP contribution in [0.25, 0.3) is 0 Å². The van der Waals surface area contributed by atoms with Gasteiger partial charge in [-0.05, 0) is 34.6 Å². The third-order valence-corrected chi connectivity index (χ3v) is 2.54. The number of rotatable bonds is 2. The lowest BCUT2D eigenvalue weighted by Crippen LogP contribution is -2.32. The molecule has 0 aromatic carbocycles. The minimum absolute atomic E-state index is 0.420. The molecule has 1 aromatic heterocycles. The normalized spacial score (nSPS) is 13.6. The van der Waals surface area contributed by atoms with Crippen LogP contribution in [0, 0.1) is 13.8 Å². The molecule has 0 bridgehead atoms. The van der Waals surface area contributed by atoms with Crippen molar-refractivity contribution >= 4 is 5.97 Å².